The summed E-state index contributed by atoms with van der Waals surface area (Å²) in [4.78, 5) is 0. The normalized spacial score (nSPS) is 12.1. The Bertz CT molecular complexity index is 355. The molecule has 0 fully saturated rings. The number of nitrogens with zero attached hydrogens (tertiary/aromatic N) is 2. The first-order valence-electron chi connectivity index (χ1n) is 5.68. The fourth-order valence-electron chi connectivity index (χ4n) is 1.37. The number of hydrogen-bond donors (Lipinski definition) is 1. The van der Waals surface area contributed by atoms with Gasteiger partial charge in [-0.25, -0.2) is 4.68 Å². The number of anilines is 1. The summed E-state index contributed by atoms with van der Waals surface area (Å²) in [5, 5.41) is 4.32. The topological polar surface area (TPSA) is 53.1 Å². The molecule has 0 saturated heterocycles. The van der Waals surface area contributed by atoms with Gasteiger partial charge in [0, 0.05) is 14.7 Å². The molecule has 1 heterocycles. The van der Waals surface area contributed by atoms with Crippen molar-refractivity contribution in [1.29, 1.82) is 0 Å². The highest BCUT2D eigenvalue weighted by Crippen LogP contribution is 2.15. The van der Waals surface area contributed by atoms with Crippen LogP contribution in [0.1, 0.15) is 11.4 Å². The zero-order valence-electron chi connectivity index (χ0n) is 11.0. The van der Waals surface area contributed by atoms with Crippen LogP contribution < -0.4 is 5.73 Å². The van der Waals surface area contributed by atoms with E-state index in [4.69, 9.17) is 10.5 Å². The van der Waals surface area contributed by atoms with Crippen LogP contribution in [0.5, 0.6) is 0 Å². The van der Waals surface area contributed by atoms with Gasteiger partial charge in [-0.1, -0.05) is 19.6 Å². The molecule has 1 aromatic heterocycles. The molecule has 0 amide bonds. The molecule has 5 heteroatoms. The van der Waals surface area contributed by atoms with Gasteiger partial charge in [0.05, 0.1) is 17.1 Å². The Hall–Kier alpha value is -0.813. The van der Waals surface area contributed by atoms with Gasteiger partial charge in [0.1, 0.15) is 6.73 Å². The molecule has 0 saturated carbocycles. The molecule has 1 rings (SSSR count). The Labute approximate surface area is 98.8 Å². The van der Waals surface area contributed by atoms with E-state index in [1.54, 1.807) is 0 Å². The van der Waals surface area contributed by atoms with Crippen molar-refractivity contribution in [1.82, 2.24) is 9.78 Å². The standard InChI is InChI=1S/C11H23N3OSi/c1-9-11(12)10(2)14(13-9)8-15-6-7-16(3,4)5/h6-8,12H2,1-5H3. The van der Waals surface area contributed by atoms with Crippen LogP contribution in [0.25, 0.3) is 0 Å². The highest BCUT2D eigenvalue weighted by Gasteiger charge is 2.12. The van der Waals surface area contributed by atoms with Crippen LogP contribution in [0, 0.1) is 13.8 Å². The fourth-order valence-corrected chi connectivity index (χ4v) is 2.12. The monoisotopic (exact) mass is 241 g/mol. The van der Waals surface area contributed by atoms with Crippen molar-refractivity contribution in [3.63, 3.8) is 0 Å². The molecule has 16 heavy (non-hydrogen) atoms. The highest BCUT2D eigenvalue weighted by atomic mass is 28.3. The van der Waals surface area contributed by atoms with Gasteiger partial charge < -0.3 is 10.5 Å². The molecule has 0 radical (unpaired) electrons. The summed E-state index contributed by atoms with van der Waals surface area (Å²) in [7, 11) is -0.994. The lowest BCUT2D eigenvalue weighted by Crippen LogP contribution is -2.22. The highest BCUT2D eigenvalue weighted by molar-refractivity contribution is 6.76. The van der Waals surface area contributed by atoms with E-state index in [9.17, 15) is 0 Å². The van der Waals surface area contributed by atoms with Crippen molar-refractivity contribution in [2.45, 2.75) is 46.3 Å². The average molecular weight is 241 g/mol. The number of ether oxygens (including phenoxy) is 1. The molecule has 0 aliphatic carbocycles. The Morgan fingerprint density at radius 1 is 1.31 bits per heavy atom. The number of nitrogen functional groups attached to an aromatic ring is 1. The van der Waals surface area contributed by atoms with Crippen molar-refractivity contribution < 1.29 is 4.74 Å². The largest absolute Gasteiger partial charge is 0.396 e. The lowest BCUT2D eigenvalue weighted by Gasteiger charge is -2.15. The molecular formula is C11H23N3OSi. The fraction of sp³-hybridized carbons (Fsp3) is 0.727. The third-order valence-corrected chi connectivity index (χ3v) is 4.35. The van der Waals surface area contributed by atoms with Crippen LogP contribution in [0.3, 0.4) is 0 Å². The van der Waals surface area contributed by atoms with Crippen LogP contribution in [-0.2, 0) is 11.5 Å². The Morgan fingerprint density at radius 2 is 1.94 bits per heavy atom. The quantitative estimate of drug-likeness (QED) is 0.636. The number of hydrogen-bond acceptors (Lipinski definition) is 3. The van der Waals surface area contributed by atoms with E-state index in [2.05, 4.69) is 24.7 Å². The lowest BCUT2D eigenvalue weighted by molar-refractivity contribution is 0.0770. The Morgan fingerprint density at radius 3 is 2.38 bits per heavy atom. The van der Waals surface area contributed by atoms with Gasteiger partial charge in [-0.15, -0.1) is 0 Å². The van der Waals surface area contributed by atoms with Crippen LogP contribution in [0.2, 0.25) is 25.7 Å². The summed E-state index contributed by atoms with van der Waals surface area (Å²) in [6.45, 7) is 12.2. The Kier molecular flexibility index (Phi) is 4.15. The SMILES string of the molecule is Cc1nn(COCC[Si](C)(C)C)c(C)c1N. The molecular weight excluding hydrogens is 218 g/mol. The summed E-state index contributed by atoms with van der Waals surface area (Å²) in [5.74, 6) is 0. The minimum atomic E-state index is -0.994. The van der Waals surface area contributed by atoms with Gasteiger partial charge in [-0.3, -0.25) is 0 Å². The van der Waals surface area contributed by atoms with E-state index in [0.29, 0.717) is 6.73 Å². The van der Waals surface area contributed by atoms with E-state index in [1.165, 1.54) is 6.04 Å². The first kappa shape index (κ1) is 13.3. The second-order valence-electron chi connectivity index (χ2n) is 5.43. The number of aromatic nitrogens is 2. The molecule has 0 spiro atoms. The molecule has 0 aromatic carbocycles. The van der Waals surface area contributed by atoms with Gasteiger partial charge in [0.25, 0.3) is 0 Å². The van der Waals surface area contributed by atoms with Crippen molar-refractivity contribution >= 4 is 13.8 Å². The molecule has 92 valence electrons. The smallest absolute Gasteiger partial charge is 0.139 e. The van der Waals surface area contributed by atoms with Gasteiger partial charge >= 0.3 is 0 Å². The number of aryl methyl sites for hydroxylation is 1. The third kappa shape index (κ3) is 3.64. The van der Waals surface area contributed by atoms with Crippen LogP contribution in [0.15, 0.2) is 0 Å². The summed E-state index contributed by atoms with van der Waals surface area (Å²) >= 11 is 0. The lowest BCUT2D eigenvalue weighted by atomic mass is 10.3. The zero-order valence-corrected chi connectivity index (χ0v) is 12.0. The molecule has 2 N–H and O–H groups in total. The van der Waals surface area contributed by atoms with Crippen molar-refractivity contribution in [2.75, 3.05) is 12.3 Å². The molecule has 0 aliphatic heterocycles. The number of rotatable bonds is 5. The van der Waals surface area contributed by atoms with E-state index in [0.717, 1.165) is 23.7 Å². The van der Waals surface area contributed by atoms with Crippen molar-refractivity contribution in [2.24, 2.45) is 0 Å². The summed E-state index contributed by atoms with van der Waals surface area (Å²) in [5.41, 5.74) is 8.49. The first-order chi connectivity index (χ1) is 7.31. The third-order valence-electron chi connectivity index (χ3n) is 2.65. The first-order valence-corrected chi connectivity index (χ1v) is 9.39. The van der Waals surface area contributed by atoms with E-state index < -0.39 is 8.07 Å². The maximum atomic E-state index is 5.84. The molecule has 0 atom stereocenters. The van der Waals surface area contributed by atoms with Gasteiger partial charge in [0.15, 0.2) is 0 Å². The second kappa shape index (κ2) is 5.01. The van der Waals surface area contributed by atoms with Crippen molar-refractivity contribution in [3.8, 4) is 0 Å². The van der Waals surface area contributed by atoms with E-state index in [-0.39, 0.29) is 0 Å². The minimum absolute atomic E-state index is 0.508. The number of nitrogens with two attached hydrogens (primary N) is 1. The zero-order chi connectivity index (χ0) is 12.3. The maximum absolute atomic E-state index is 5.84. The summed E-state index contributed by atoms with van der Waals surface area (Å²) in [6, 6.07) is 1.18. The molecule has 0 aliphatic rings. The molecule has 1 aromatic rings. The van der Waals surface area contributed by atoms with Crippen LogP contribution >= 0.6 is 0 Å². The van der Waals surface area contributed by atoms with Gasteiger partial charge in [-0.05, 0) is 19.9 Å². The predicted molar refractivity (Wildman–Crippen MR) is 70.2 cm³/mol. The van der Waals surface area contributed by atoms with Crippen LogP contribution in [-0.4, -0.2) is 24.5 Å². The molecule has 0 unspecified atom stereocenters. The molecule has 0 bridgehead atoms. The van der Waals surface area contributed by atoms with Crippen LogP contribution in [0.4, 0.5) is 5.69 Å². The van der Waals surface area contributed by atoms with Gasteiger partial charge in [-0.2, -0.15) is 5.10 Å². The minimum Gasteiger partial charge on any atom is -0.396 e. The average Bonchev–Trinajstić information content (AvgIpc) is 2.40. The van der Waals surface area contributed by atoms with Gasteiger partial charge in [0.2, 0.25) is 0 Å². The van der Waals surface area contributed by atoms with Crippen molar-refractivity contribution in [3.05, 3.63) is 11.4 Å². The summed E-state index contributed by atoms with van der Waals surface area (Å²) < 4.78 is 7.45. The summed E-state index contributed by atoms with van der Waals surface area (Å²) in [6.07, 6.45) is 0. The van der Waals surface area contributed by atoms with E-state index >= 15 is 0 Å². The second-order valence-corrected chi connectivity index (χ2v) is 11.1. The molecule has 4 nitrogen and oxygen atoms in total. The Balaban J connectivity index is 2.41. The maximum Gasteiger partial charge on any atom is 0.139 e. The van der Waals surface area contributed by atoms with E-state index in [1.807, 2.05) is 18.5 Å². The predicted octanol–water partition coefficient (Wildman–Crippen LogP) is 2.39.